The van der Waals surface area contributed by atoms with Gasteiger partial charge in [0.2, 0.25) is 5.91 Å². The molecule has 0 unspecified atom stereocenters. The molecule has 0 saturated heterocycles. The van der Waals surface area contributed by atoms with Crippen molar-refractivity contribution in [3.63, 3.8) is 0 Å². The summed E-state index contributed by atoms with van der Waals surface area (Å²) in [6, 6.07) is 7.49. The van der Waals surface area contributed by atoms with E-state index in [2.05, 4.69) is 10.6 Å². The smallest absolute Gasteiger partial charge is 0.229 e. The van der Waals surface area contributed by atoms with Crippen molar-refractivity contribution in [3.8, 4) is 5.75 Å². The van der Waals surface area contributed by atoms with E-state index < -0.39 is 0 Å². The maximum atomic E-state index is 12.2. The van der Waals surface area contributed by atoms with Crippen LogP contribution in [0.1, 0.15) is 39.0 Å². The summed E-state index contributed by atoms with van der Waals surface area (Å²) in [5.41, 5.74) is 0.790. The molecule has 0 atom stereocenters. The lowest BCUT2D eigenvalue weighted by molar-refractivity contribution is -0.124. The van der Waals surface area contributed by atoms with Gasteiger partial charge in [-0.05, 0) is 44.1 Å². The maximum Gasteiger partial charge on any atom is 0.229 e. The quantitative estimate of drug-likeness (QED) is 0.582. The van der Waals surface area contributed by atoms with Crippen LogP contribution in [0, 0.1) is 5.92 Å². The first kappa shape index (κ1) is 18.7. The fraction of sp³-hybridized carbons (Fsp3) is 0.556. The molecule has 1 amide bonds. The van der Waals surface area contributed by atoms with Crippen LogP contribution in [0.25, 0.3) is 0 Å². The molecule has 0 heterocycles. The monoisotopic (exact) mass is 350 g/mol. The first-order valence-electron chi connectivity index (χ1n) is 8.61. The Morgan fingerprint density at radius 3 is 2.79 bits per heavy atom. The van der Waals surface area contributed by atoms with Gasteiger partial charge in [0.1, 0.15) is 12.4 Å². The molecule has 0 spiro atoms. The molecule has 0 aromatic heterocycles. The summed E-state index contributed by atoms with van der Waals surface area (Å²) >= 11 is 5.24. The molecule has 24 heavy (non-hydrogen) atoms. The van der Waals surface area contributed by atoms with Crippen molar-refractivity contribution in [1.29, 1.82) is 0 Å². The van der Waals surface area contributed by atoms with Crippen molar-refractivity contribution in [2.24, 2.45) is 5.92 Å². The van der Waals surface area contributed by atoms with E-state index in [9.17, 15) is 4.79 Å². The van der Waals surface area contributed by atoms with Crippen molar-refractivity contribution in [1.82, 2.24) is 5.32 Å². The fourth-order valence-corrected chi connectivity index (χ4v) is 2.99. The summed E-state index contributed by atoms with van der Waals surface area (Å²) < 4.78 is 10.9. The Hall–Kier alpha value is -1.66. The van der Waals surface area contributed by atoms with Crippen LogP contribution in [0.2, 0.25) is 0 Å². The number of carbonyl (C=O) groups excluding carboxylic acids is 1. The van der Waals surface area contributed by atoms with Gasteiger partial charge in [-0.2, -0.15) is 0 Å². The highest BCUT2D eigenvalue weighted by Gasteiger charge is 2.21. The van der Waals surface area contributed by atoms with Crippen LogP contribution in [0.15, 0.2) is 24.3 Å². The number of amides is 1. The molecule has 1 aromatic carbocycles. The summed E-state index contributed by atoms with van der Waals surface area (Å²) in [7, 11) is 0. The number of anilines is 1. The molecule has 0 radical (unpaired) electrons. The number of hydrogen-bond acceptors (Lipinski definition) is 4. The predicted octanol–water partition coefficient (Wildman–Crippen LogP) is 3.50. The average molecular weight is 350 g/mol. The normalized spacial score (nSPS) is 14.9. The lowest BCUT2D eigenvalue weighted by atomic mass is 9.89. The molecule has 1 aromatic rings. The van der Waals surface area contributed by atoms with Gasteiger partial charge >= 0.3 is 0 Å². The first-order valence-corrected chi connectivity index (χ1v) is 9.02. The zero-order valence-electron chi connectivity index (χ0n) is 14.2. The van der Waals surface area contributed by atoms with E-state index in [1.807, 2.05) is 31.2 Å². The number of thiocarbonyl (C=S) groups is 1. The maximum absolute atomic E-state index is 12.2. The number of nitrogens with one attached hydrogen (secondary N) is 2. The molecule has 5 nitrogen and oxygen atoms in total. The van der Waals surface area contributed by atoms with E-state index in [4.69, 9.17) is 21.7 Å². The molecule has 0 aliphatic heterocycles. The van der Waals surface area contributed by atoms with Gasteiger partial charge in [-0.15, -0.1) is 0 Å². The third kappa shape index (κ3) is 6.45. The number of rotatable bonds is 7. The standard InChI is InChI=1S/C18H26N2O3S/c1-2-22-11-12-23-16-10-6-9-15(13-16)19-18(24)20-17(21)14-7-4-3-5-8-14/h6,9-10,13-14H,2-5,7-8,11-12H2,1H3,(H2,19,20,21,24). The fourth-order valence-electron chi connectivity index (χ4n) is 2.77. The Balaban J connectivity index is 1.79. The SMILES string of the molecule is CCOCCOc1cccc(NC(=S)NC(=O)C2CCCCC2)c1. The third-order valence-electron chi connectivity index (χ3n) is 4.01. The van der Waals surface area contributed by atoms with Crippen LogP contribution < -0.4 is 15.4 Å². The number of ether oxygens (including phenoxy) is 2. The zero-order valence-corrected chi connectivity index (χ0v) is 15.0. The van der Waals surface area contributed by atoms with E-state index in [1.54, 1.807) is 0 Å². The summed E-state index contributed by atoms with van der Waals surface area (Å²) in [6.45, 7) is 3.69. The van der Waals surface area contributed by atoms with Crippen LogP contribution in [0.4, 0.5) is 5.69 Å². The molecule has 6 heteroatoms. The van der Waals surface area contributed by atoms with Crippen LogP contribution in [0.5, 0.6) is 5.75 Å². The number of benzene rings is 1. The summed E-state index contributed by atoms with van der Waals surface area (Å²) in [5, 5.41) is 6.17. The lowest BCUT2D eigenvalue weighted by Crippen LogP contribution is -2.38. The highest BCUT2D eigenvalue weighted by Crippen LogP contribution is 2.23. The van der Waals surface area contributed by atoms with Gasteiger partial charge in [-0.25, -0.2) is 0 Å². The van der Waals surface area contributed by atoms with Crippen molar-refractivity contribution in [2.45, 2.75) is 39.0 Å². The van der Waals surface area contributed by atoms with Crippen molar-refractivity contribution >= 4 is 28.9 Å². The molecular weight excluding hydrogens is 324 g/mol. The summed E-state index contributed by atoms with van der Waals surface area (Å²) in [5.74, 6) is 0.851. The van der Waals surface area contributed by atoms with E-state index in [-0.39, 0.29) is 11.8 Å². The van der Waals surface area contributed by atoms with Crippen LogP contribution >= 0.6 is 12.2 Å². The molecular formula is C18H26N2O3S. The minimum atomic E-state index is 0.0244. The predicted molar refractivity (Wildman–Crippen MR) is 99.4 cm³/mol. The van der Waals surface area contributed by atoms with Gasteiger partial charge in [-0.1, -0.05) is 25.3 Å². The first-order chi connectivity index (χ1) is 11.7. The second kappa shape index (κ2) is 10.3. The van der Waals surface area contributed by atoms with Gasteiger partial charge < -0.3 is 20.1 Å². The molecule has 1 fully saturated rings. The minimum Gasteiger partial charge on any atom is -0.491 e. The van der Waals surface area contributed by atoms with E-state index in [0.29, 0.717) is 24.9 Å². The van der Waals surface area contributed by atoms with E-state index in [0.717, 1.165) is 37.1 Å². The van der Waals surface area contributed by atoms with Crippen molar-refractivity contribution in [2.75, 3.05) is 25.1 Å². The Labute approximate surface area is 149 Å². The van der Waals surface area contributed by atoms with E-state index in [1.165, 1.54) is 6.42 Å². The van der Waals surface area contributed by atoms with Crippen LogP contribution in [-0.4, -0.2) is 30.8 Å². The molecule has 0 bridgehead atoms. The Morgan fingerprint density at radius 2 is 2.04 bits per heavy atom. The molecule has 2 N–H and O–H groups in total. The lowest BCUT2D eigenvalue weighted by Gasteiger charge is -2.21. The summed E-state index contributed by atoms with van der Waals surface area (Å²) in [6.07, 6.45) is 5.39. The van der Waals surface area contributed by atoms with Gasteiger partial charge in [-0.3, -0.25) is 4.79 Å². The zero-order chi connectivity index (χ0) is 17.2. The van der Waals surface area contributed by atoms with Gasteiger partial charge in [0.25, 0.3) is 0 Å². The van der Waals surface area contributed by atoms with Gasteiger partial charge in [0.05, 0.1) is 6.61 Å². The van der Waals surface area contributed by atoms with Gasteiger partial charge in [0.15, 0.2) is 5.11 Å². The summed E-state index contributed by atoms with van der Waals surface area (Å²) in [4.78, 5) is 12.2. The third-order valence-corrected chi connectivity index (χ3v) is 4.21. The Kier molecular flexibility index (Phi) is 7.98. The van der Waals surface area contributed by atoms with Crippen LogP contribution in [-0.2, 0) is 9.53 Å². The second-order valence-electron chi connectivity index (χ2n) is 5.85. The highest BCUT2D eigenvalue weighted by molar-refractivity contribution is 7.80. The molecule has 1 aliphatic carbocycles. The molecule has 1 saturated carbocycles. The van der Waals surface area contributed by atoms with E-state index >= 15 is 0 Å². The topological polar surface area (TPSA) is 59.6 Å². The largest absolute Gasteiger partial charge is 0.491 e. The Morgan fingerprint density at radius 1 is 1.25 bits per heavy atom. The second-order valence-corrected chi connectivity index (χ2v) is 6.26. The number of hydrogen-bond donors (Lipinski definition) is 2. The van der Waals surface area contributed by atoms with Crippen LogP contribution in [0.3, 0.4) is 0 Å². The minimum absolute atomic E-state index is 0.0244. The van der Waals surface area contributed by atoms with Crippen molar-refractivity contribution < 1.29 is 14.3 Å². The highest BCUT2D eigenvalue weighted by atomic mass is 32.1. The Bertz CT molecular complexity index is 545. The number of carbonyl (C=O) groups is 1. The molecule has 2 rings (SSSR count). The molecule has 1 aliphatic rings. The average Bonchev–Trinajstić information content (AvgIpc) is 2.60. The van der Waals surface area contributed by atoms with Gasteiger partial charge in [0, 0.05) is 24.3 Å². The molecule has 132 valence electrons. The van der Waals surface area contributed by atoms with Crippen molar-refractivity contribution in [3.05, 3.63) is 24.3 Å².